The number of ether oxygens (including phenoxy) is 3. The van der Waals surface area contributed by atoms with Gasteiger partial charge < -0.3 is 18.7 Å². The first kappa shape index (κ1) is 20.1. The van der Waals surface area contributed by atoms with Crippen LogP contribution in [0.2, 0.25) is 0 Å². The van der Waals surface area contributed by atoms with Crippen molar-refractivity contribution in [3.63, 3.8) is 0 Å². The third-order valence-corrected chi connectivity index (χ3v) is 4.03. The van der Waals surface area contributed by atoms with E-state index in [0.717, 1.165) is 5.57 Å². The minimum atomic E-state index is -0.167. The summed E-state index contributed by atoms with van der Waals surface area (Å²) in [4.78, 5) is 16.7. The fraction of sp³-hybridized carbons (Fsp3) is 0.227. The van der Waals surface area contributed by atoms with Gasteiger partial charge in [0.25, 0.3) is 5.89 Å². The van der Waals surface area contributed by atoms with Gasteiger partial charge in [-0.3, -0.25) is 4.79 Å². The van der Waals surface area contributed by atoms with Crippen molar-refractivity contribution in [3.05, 3.63) is 59.5 Å². The monoisotopic (exact) mass is 394 g/mol. The van der Waals surface area contributed by atoms with Crippen LogP contribution in [-0.4, -0.2) is 36.8 Å². The van der Waals surface area contributed by atoms with E-state index in [1.54, 1.807) is 55.7 Å². The zero-order chi connectivity index (χ0) is 20.8. The fourth-order valence-corrected chi connectivity index (χ4v) is 2.61. The quantitative estimate of drug-likeness (QED) is 0.522. The van der Waals surface area contributed by atoms with Crippen LogP contribution < -0.4 is 14.2 Å². The molecule has 3 rings (SSSR count). The summed E-state index contributed by atoms with van der Waals surface area (Å²) in [7, 11) is 3.08. The number of Topliss-reactive ketones (excluding diaryl/α,β-unsaturated/α-hetero) is 1. The average Bonchev–Trinajstić information content (AvgIpc) is 3.19. The Morgan fingerprint density at radius 3 is 2.62 bits per heavy atom. The van der Waals surface area contributed by atoms with Crippen molar-refractivity contribution in [1.82, 2.24) is 10.1 Å². The standard InChI is InChI=1S/C22H22N2O5/c1-14(2)10-21-23-22(24-29-21)16-8-9-19(20(12-16)27-4)28-13-18(25)15-6-5-7-17(11-15)26-3/h5-12H,13H2,1-4H3. The molecule has 0 N–H and O–H groups in total. The first-order valence-electron chi connectivity index (χ1n) is 8.97. The lowest BCUT2D eigenvalue weighted by Gasteiger charge is -2.11. The smallest absolute Gasteiger partial charge is 0.250 e. The van der Waals surface area contributed by atoms with Gasteiger partial charge >= 0.3 is 0 Å². The second-order valence-corrected chi connectivity index (χ2v) is 6.49. The maximum absolute atomic E-state index is 12.4. The van der Waals surface area contributed by atoms with Crippen LogP contribution in [0.4, 0.5) is 0 Å². The summed E-state index contributed by atoms with van der Waals surface area (Å²) >= 11 is 0. The number of aromatic nitrogens is 2. The first-order chi connectivity index (χ1) is 14.0. The van der Waals surface area contributed by atoms with E-state index in [4.69, 9.17) is 18.7 Å². The van der Waals surface area contributed by atoms with Crippen molar-refractivity contribution in [2.75, 3.05) is 20.8 Å². The molecular weight excluding hydrogens is 372 g/mol. The molecule has 7 heteroatoms. The molecule has 150 valence electrons. The third-order valence-electron chi connectivity index (χ3n) is 4.03. The molecule has 0 amide bonds. The molecular formula is C22H22N2O5. The lowest BCUT2D eigenvalue weighted by atomic mass is 10.1. The topological polar surface area (TPSA) is 83.7 Å². The SMILES string of the molecule is COc1cccc(C(=O)COc2ccc(-c3noc(C=C(C)C)n3)cc2OC)c1. The van der Waals surface area contributed by atoms with Gasteiger partial charge in [0, 0.05) is 17.2 Å². The molecule has 1 heterocycles. The lowest BCUT2D eigenvalue weighted by Crippen LogP contribution is -2.12. The van der Waals surface area contributed by atoms with Crippen molar-refractivity contribution in [1.29, 1.82) is 0 Å². The summed E-state index contributed by atoms with van der Waals surface area (Å²) in [6.07, 6.45) is 1.80. The van der Waals surface area contributed by atoms with Gasteiger partial charge in [-0.1, -0.05) is 22.9 Å². The van der Waals surface area contributed by atoms with Gasteiger partial charge in [-0.05, 0) is 44.2 Å². The predicted molar refractivity (Wildman–Crippen MR) is 108 cm³/mol. The van der Waals surface area contributed by atoms with Crippen molar-refractivity contribution < 1.29 is 23.5 Å². The number of benzene rings is 2. The molecule has 0 unspecified atom stereocenters. The van der Waals surface area contributed by atoms with Crippen LogP contribution in [0.3, 0.4) is 0 Å². The van der Waals surface area contributed by atoms with E-state index in [0.29, 0.717) is 40.1 Å². The number of carbonyl (C=O) groups excluding carboxylic acids is 1. The van der Waals surface area contributed by atoms with E-state index in [-0.39, 0.29) is 12.4 Å². The molecule has 0 atom stereocenters. The molecule has 0 saturated heterocycles. The van der Waals surface area contributed by atoms with Crippen molar-refractivity contribution in [2.24, 2.45) is 0 Å². The Morgan fingerprint density at radius 1 is 1.07 bits per heavy atom. The number of methoxy groups -OCH3 is 2. The Hall–Kier alpha value is -3.61. The zero-order valence-electron chi connectivity index (χ0n) is 16.8. The van der Waals surface area contributed by atoms with Crippen LogP contribution in [0, 0.1) is 0 Å². The maximum Gasteiger partial charge on any atom is 0.250 e. The van der Waals surface area contributed by atoms with E-state index in [2.05, 4.69) is 10.1 Å². The summed E-state index contributed by atoms with van der Waals surface area (Å²) in [5.74, 6) is 2.23. The molecule has 0 radical (unpaired) electrons. The Labute approximate surface area is 168 Å². The molecule has 2 aromatic carbocycles. The molecule has 7 nitrogen and oxygen atoms in total. The van der Waals surface area contributed by atoms with Gasteiger partial charge in [0.05, 0.1) is 14.2 Å². The Kier molecular flexibility index (Phi) is 6.29. The summed E-state index contributed by atoms with van der Waals surface area (Å²) in [5.41, 5.74) is 2.28. The third kappa shape index (κ3) is 5.01. The van der Waals surface area contributed by atoms with Crippen LogP contribution in [0.1, 0.15) is 30.1 Å². The Morgan fingerprint density at radius 2 is 1.90 bits per heavy atom. The highest BCUT2D eigenvalue weighted by Gasteiger charge is 2.14. The van der Waals surface area contributed by atoms with Crippen LogP contribution in [0.25, 0.3) is 17.5 Å². The minimum absolute atomic E-state index is 0.129. The molecule has 3 aromatic rings. The highest BCUT2D eigenvalue weighted by atomic mass is 16.5. The molecule has 1 aromatic heterocycles. The number of hydrogen-bond donors (Lipinski definition) is 0. The van der Waals surface area contributed by atoms with E-state index in [1.165, 1.54) is 7.11 Å². The average molecular weight is 394 g/mol. The van der Waals surface area contributed by atoms with E-state index >= 15 is 0 Å². The largest absolute Gasteiger partial charge is 0.497 e. The van der Waals surface area contributed by atoms with Gasteiger partial charge in [0.2, 0.25) is 5.82 Å². The fourth-order valence-electron chi connectivity index (χ4n) is 2.61. The molecule has 0 fully saturated rings. The summed E-state index contributed by atoms with van der Waals surface area (Å²) < 4.78 is 21.4. The van der Waals surface area contributed by atoms with Gasteiger partial charge in [-0.25, -0.2) is 0 Å². The first-order valence-corrected chi connectivity index (χ1v) is 8.97. The number of nitrogens with zero attached hydrogens (tertiary/aromatic N) is 2. The molecule has 0 aliphatic heterocycles. The molecule has 0 aliphatic rings. The normalized spacial score (nSPS) is 10.3. The Bertz CT molecular complexity index is 1040. The van der Waals surface area contributed by atoms with Gasteiger partial charge in [0.1, 0.15) is 5.75 Å². The summed E-state index contributed by atoms with van der Waals surface area (Å²) in [5, 5.41) is 3.98. The zero-order valence-corrected chi connectivity index (χ0v) is 16.8. The van der Waals surface area contributed by atoms with Gasteiger partial charge in [-0.15, -0.1) is 0 Å². The van der Waals surface area contributed by atoms with Crippen LogP contribution in [0.15, 0.2) is 52.6 Å². The molecule has 0 bridgehead atoms. The number of ketones is 1. The lowest BCUT2D eigenvalue weighted by molar-refractivity contribution is 0.0919. The summed E-state index contributed by atoms with van der Waals surface area (Å²) in [6.45, 7) is 3.77. The van der Waals surface area contributed by atoms with Crippen molar-refractivity contribution in [3.8, 4) is 28.6 Å². The van der Waals surface area contributed by atoms with Crippen LogP contribution >= 0.6 is 0 Å². The van der Waals surface area contributed by atoms with Gasteiger partial charge in [-0.2, -0.15) is 4.98 Å². The minimum Gasteiger partial charge on any atom is -0.497 e. The van der Waals surface area contributed by atoms with Crippen molar-refractivity contribution in [2.45, 2.75) is 13.8 Å². The van der Waals surface area contributed by atoms with Crippen molar-refractivity contribution >= 4 is 11.9 Å². The second kappa shape index (κ2) is 9.05. The van der Waals surface area contributed by atoms with Crippen LogP contribution in [0.5, 0.6) is 17.2 Å². The van der Waals surface area contributed by atoms with E-state index in [9.17, 15) is 4.79 Å². The highest BCUT2D eigenvalue weighted by Crippen LogP contribution is 2.32. The number of carbonyl (C=O) groups is 1. The van der Waals surface area contributed by atoms with Gasteiger partial charge in [0.15, 0.2) is 23.9 Å². The highest BCUT2D eigenvalue weighted by molar-refractivity contribution is 5.97. The molecule has 0 spiro atoms. The predicted octanol–water partition coefficient (Wildman–Crippen LogP) is 4.44. The van der Waals surface area contributed by atoms with E-state index in [1.807, 2.05) is 13.8 Å². The number of rotatable bonds is 8. The number of allylic oxidation sites excluding steroid dienone is 1. The number of hydrogen-bond acceptors (Lipinski definition) is 7. The molecule has 0 saturated carbocycles. The molecule has 29 heavy (non-hydrogen) atoms. The second-order valence-electron chi connectivity index (χ2n) is 6.49. The Balaban J connectivity index is 1.74. The maximum atomic E-state index is 12.4. The summed E-state index contributed by atoms with van der Waals surface area (Å²) in [6, 6.07) is 12.2. The van der Waals surface area contributed by atoms with E-state index < -0.39 is 0 Å². The molecule has 0 aliphatic carbocycles. The van der Waals surface area contributed by atoms with Crippen LogP contribution in [-0.2, 0) is 0 Å².